The number of fused-ring (bicyclic) bond motifs is 1. The van der Waals surface area contributed by atoms with Crippen LogP contribution in [-0.4, -0.2) is 22.0 Å². The van der Waals surface area contributed by atoms with E-state index >= 15 is 0 Å². The molecule has 0 unspecified atom stereocenters. The van der Waals surface area contributed by atoms with Crippen molar-refractivity contribution in [2.45, 2.75) is 18.9 Å². The Morgan fingerprint density at radius 2 is 1.73 bits per heavy atom. The number of aliphatic carboxylic acids is 1. The lowest BCUT2D eigenvalue weighted by molar-refractivity contribution is -0.139. The van der Waals surface area contributed by atoms with Crippen molar-refractivity contribution in [1.82, 2.24) is 10.3 Å². The van der Waals surface area contributed by atoms with E-state index in [1.165, 1.54) is 29.5 Å². The Morgan fingerprint density at radius 3 is 2.43 bits per heavy atom. The quantitative estimate of drug-likeness (QED) is 0.262. The van der Waals surface area contributed by atoms with Gasteiger partial charge < -0.3 is 15.7 Å². The number of aromatic nitrogens is 1. The Kier molecular flexibility index (Phi) is 6.78. The monoisotopic (exact) mass is 517 g/mol. The van der Waals surface area contributed by atoms with Crippen LogP contribution in [0.2, 0.25) is 0 Å². The fourth-order valence-electron chi connectivity index (χ4n) is 4.11. The molecule has 186 valence electrons. The molecule has 3 N–H and O–H groups in total. The highest BCUT2D eigenvalue weighted by Gasteiger charge is 2.23. The second-order valence-electron chi connectivity index (χ2n) is 8.48. The Balaban J connectivity index is 1.28. The second kappa shape index (κ2) is 10.3. The van der Waals surface area contributed by atoms with Crippen LogP contribution in [0.5, 0.6) is 0 Å². The molecule has 1 atom stereocenters. The van der Waals surface area contributed by atoms with Crippen molar-refractivity contribution < 1.29 is 23.5 Å². The highest BCUT2D eigenvalue weighted by Crippen LogP contribution is 2.34. The molecule has 9 heteroatoms. The van der Waals surface area contributed by atoms with Crippen LogP contribution in [0.1, 0.15) is 40.4 Å². The summed E-state index contributed by atoms with van der Waals surface area (Å²) in [5.41, 5.74) is 3.35. The van der Waals surface area contributed by atoms with Gasteiger partial charge in [-0.25, -0.2) is 18.6 Å². The van der Waals surface area contributed by atoms with Crippen molar-refractivity contribution in [3.8, 4) is 0 Å². The lowest BCUT2D eigenvalue weighted by Gasteiger charge is -2.18. The number of nitrogens with one attached hydrogen (secondary N) is 2. The minimum Gasteiger partial charge on any atom is -0.479 e. The topological polar surface area (TPSA) is 91.3 Å². The molecule has 0 radical (unpaired) electrons. The maximum Gasteiger partial charge on any atom is 0.330 e. The fraction of sp³-hybridized carbons (Fsp3) is 0.107. The summed E-state index contributed by atoms with van der Waals surface area (Å²) in [6.07, 6.45) is 2.43. The number of carbonyl (C=O) groups excluding carboxylic acids is 1. The van der Waals surface area contributed by atoms with Gasteiger partial charge in [-0.15, -0.1) is 0 Å². The maximum absolute atomic E-state index is 14.9. The molecular weight excluding hydrogens is 496 g/mol. The number of carbonyl (C=O) groups is 2. The number of nitrogens with zero attached hydrogens (tertiary/aromatic N) is 1. The number of thiazole rings is 1. The van der Waals surface area contributed by atoms with Crippen molar-refractivity contribution in [3.05, 3.63) is 113 Å². The molecule has 1 aliphatic carbocycles. The summed E-state index contributed by atoms with van der Waals surface area (Å²) in [7, 11) is 0. The number of hydrogen-bond acceptors (Lipinski definition) is 5. The van der Waals surface area contributed by atoms with Crippen molar-refractivity contribution in [3.63, 3.8) is 0 Å². The molecule has 1 aromatic heterocycles. The standard InChI is InChI=1S/C28H21F2N3O3S/c29-20-11-13-23-24(15-20)37-28(32-23)31-22-12-10-19(14-21(22)30)16-6-8-18(9-7-16)26(34)33-25(27(35)36)17-4-2-1-3-5-17/h1-9,11,13-15,25H,10,12H2,(H,31,32)(H,33,34)(H,35,36)/t25-/m0/s1. The largest absolute Gasteiger partial charge is 0.479 e. The van der Waals surface area contributed by atoms with E-state index in [1.54, 1.807) is 60.7 Å². The fourth-order valence-corrected chi connectivity index (χ4v) is 5.02. The van der Waals surface area contributed by atoms with Crippen LogP contribution >= 0.6 is 11.3 Å². The maximum atomic E-state index is 14.9. The molecule has 0 saturated carbocycles. The third kappa shape index (κ3) is 5.41. The number of carboxylic acid groups (broad SMARTS) is 1. The third-order valence-corrected chi connectivity index (χ3v) is 6.95. The number of allylic oxidation sites excluding steroid dienone is 4. The van der Waals surface area contributed by atoms with Crippen molar-refractivity contribution >= 4 is 44.1 Å². The predicted octanol–water partition coefficient (Wildman–Crippen LogP) is 6.46. The van der Waals surface area contributed by atoms with E-state index in [1.807, 2.05) is 0 Å². The number of benzene rings is 3. The van der Waals surface area contributed by atoms with Gasteiger partial charge in [-0.05, 0) is 65.9 Å². The summed E-state index contributed by atoms with van der Waals surface area (Å²) < 4.78 is 29.0. The van der Waals surface area contributed by atoms with Gasteiger partial charge in [0.1, 0.15) is 11.6 Å². The molecule has 5 rings (SSSR count). The van der Waals surface area contributed by atoms with Crippen LogP contribution in [-0.2, 0) is 4.79 Å². The first-order valence-electron chi connectivity index (χ1n) is 11.5. The summed E-state index contributed by atoms with van der Waals surface area (Å²) in [4.78, 5) is 28.7. The lowest BCUT2D eigenvalue weighted by Crippen LogP contribution is -2.33. The van der Waals surface area contributed by atoms with Crippen LogP contribution in [0, 0.1) is 5.82 Å². The first-order chi connectivity index (χ1) is 17.9. The number of halogens is 2. The van der Waals surface area contributed by atoms with Gasteiger partial charge in [-0.2, -0.15) is 0 Å². The van der Waals surface area contributed by atoms with E-state index in [0.29, 0.717) is 45.0 Å². The molecule has 1 aliphatic rings. The van der Waals surface area contributed by atoms with Gasteiger partial charge in [0.2, 0.25) is 0 Å². The molecule has 37 heavy (non-hydrogen) atoms. The van der Waals surface area contributed by atoms with Crippen LogP contribution in [0.3, 0.4) is 0 Å². The highest BCUT2D eigenvalue weighted by molar-refractivity contribution is 7.22. The first kappa shape index (κ1) is 24.3. The minimum absolute atomic E-state index is 0.299. The smallest absolute Gasteiger partial charge is 0.330 e. The second-order valence-corrected chi connectivity index (χ2v) is 9.52. The summed E-state index contributed by atoms with van der Waals surface area (Å²) in [6.45, 7) is 0. The van der Waals surface area contributed by atoms with Crippen LogP contribution in [0.4, 0.5) is 13.9 Å². The number of hydrogen-bond donors (Lipinski definition) is 3. The average Bonchev–Trinajstić information content (AvgIpc) is 3.30. The third-order valence-electron chi connectivity index (χ3n) is 6.02. The van der Waals surface area contributed by atoms with E-state index in [-0.39, 0.29) is 5.82 Å². The molecule has 0 bridgehead atoms. The Labute approximate surface area is 215 Å². The van der Waals surface area contributed by atoms with Crippen molar-refractivity contribution in [2.75, 3.05) is 5.32 Å². The van der Waals surface area contributed by atoms with Gasteiger partial charge >= 0.3 is 5.97 Å². The molecule has 0 saturated heterocycles. The van der Waals surface area contributed by atoms with Gasteiger partial charge in [-0.3, -0.25) is 4.79 Å². The molecule has 1 amide bonds. The van der Waals surface area contributed by atoms with Crippen LogP contribution in [0.25, 0.3) is 15.8 Å². The molecule has 0 spiro atoms. The first-order valence-corrected chi connectivity index (χ1v) is 12.3. The van der Waals surface area contributed by atoms with E-state index in [0.717, 1.165) is 11.1 Å². The zero-order valence-electron chi connectivity index (χ0n) is 19.4. The van der Waals surface area contributed by atoms with Gasteiger partial charge in [0.05, 0.1) is 15.9 Å². The summed E-state index contributed by atoms with van der Waals surface area (Å²) in [6, 6.07) is 18.2. The molecule has 3 aromatic carbocycles. The number of carboxylic acids is 1. The SMILES string of the molecule is O=C(N[C@H](C(=O)O)c1ccccc1)c1ccc(C2=CC(F)=C(Nc3nc4ccc(F)cc4s3)CC2)cc1. The van der Waals surface area contributed by atoms with E-state index in [9.17, 15) is 23.5 Å². The van der Waals surface area contributed by atoms with Crippen molar-refractivity contribution in [1.29, 1.82) is 0 Å². The van der Waals surface area contributed by atoms with Crippen molar-refractivity contribution in [2.24, 2.45) is 0 Å². The Morgan fingerprint density at radius 1 is 0.973 bits per heavy atom. The Hall–Kier alpha value is -4.37. The lowest BCUT2D eigenvalue weighted by atomic mass is 9.94. The van der Waals surface area contributed by atoms with Crippen LogP contribution < -0.4 is 10.6 Å². The number of rotatable bonds is 7. The normalized spacial score (nSPS) is 14.3. The highest BCUT2D eigenvalue weighted by atomic mass is 32.1. The van der Waals surface area contributed by atoms with Gasteiger partial charge in [0.25, 0.3) is 5.91 Å². The number of amides is 1. The summed E-state index contributed by atoms with van der Waals surface area (Å²) >= 11 is 1.25. The zero-order chi connectivity index (χ0) is 25.9. The van der Waals surface area contributed by atoms with Crippen LogP contribution in [0.15, 0.2) is 90.4 Å². The van der Waals surface area contributed by atoms with E-state index in [4.69, 9.17) is 0 Å². The predicted molar refractivity (Wildman–Crippen MR) is 139 cm³/mol. The summed E-state index contributed by atoms with van der Waals surface area (Å²) in [5.74, 6) is -2.44. The minimum atomic E-state index is -1.17. The van der Waals surface area contributed by atoms with Gasteiger partial charge in [0, 0.05) is 5.56 Å². The molecule has 1 heterocycles. The Bertz CT molecular complexity index is 1550. The molecule has 0 fully saturated rings. The average molecular weight is 518 g/mol. The molecule has 4 aromatic rings. The van der Waals surface area contributed by atoms with Gasteiger partial charge in [-0.1, -0.05) is 53.8 Å². The molecule has 0 aliphatic heterocycles. The molecular formula is C28H21F2N3O3S. The molecule has 6 nitrogen and oxygen atoms in total. The van der Waals surface area contributed by atoms with E-state index < -0.39 is 23.7 Å². The van der Waals surface area contributed by atoms with E-state index in [2.05, 4.69) is 15.6 Å². The zero-order valence-corrected chi connectivity index (χ0v) is 20.2. The van der Waals surface area contributed by atoms with Gasteiger partial charge in [0.15, 0.2) is 11.2 Å². The summed E-state index contributed by atoms with van der Waals surface area (Å²) in [5, 5.41) is 15.6. The number of anilines is 1.